The molecule has 0 atom stereocenters. The Morgan fingerprint density at radius 1 is 1.35 bits per heavy atom. The van der Waals surface area contributed by atoms with Gasteiger partial charge in [0.25, 0.3) is 0 Å². The second-order valence-electron chi connectivity index (χ2n) is 5.69. The summed E-state index contributed by atoms with van der Waals surface area (Å²) in [4.78, 5) is 11.3. The summed E-state index contributed by atoms with van der Waals surface area (Å²) in [6.45, 7) is 7.81. The maximum absolute atomic E-state index is 11.3. The summed E-state index contributed by atoms with van der Waals surface area (Å²) >= 11 is 3.45. The van der Waals surface area contributed by atoms with E-state index in [1.54, 1.807) is 4.68 Å². The standard InChI is InChI=1S/C14H16BrN3O2/c1-8-7-9(5-6-10(8)15)18-12(14(2,3)4)11(13(19)20)16-17-18/h5-7H,1-4H3,(H,19,20). The van der Waals surface area contributed by atoms with Crippen molar-refractivity contribution in [2.45, 2.75) is 33.1 Å². The maximum Gasteiger partial charge on any atom is 0.358 e. The van der Waals surface area contributed by atoms with Gasteiger partial charge in [0.2, 0.25) is 0 Å². The smallest absolute Gasteiger partial charge is 0.358 e. The van der Waals surface area contributed by atoms with Gasteiger partial charge >= 0.3 is 5.97 Å². The van der Waals surface area contributed by atoms with Gasteiger partial charge in [0.05, 0.1) is 11.4 Å². The van der Waals surface area contributed by atoms with Crippen LogP contribution < -0.4 is 0 Å². The van der Waals surface area contributed by atoms with E-state index in [4.69, 9.17) is 0 Å². The van der Waals surface area contributed by atoms with Gasteiger partial charge in [-0.25, -0.2) is 9.48 Å². The number of carboxylic acid groups (broad SMARTS) is 1. The molecular formula is C14H16BrN3O2. The molecule has 106 valence electrons. The summed E-state index contributed by atoms with van der Waals surface area (Å²) in [6, 6.07) is 5.74. The molecule has 0 spiro atoms. The van der Waals surface area contributed by atoms with E-state index in [-0.39, 0.29) is 11.1 Å². The number of nitrogens with zero attached hydrogens (tertiary/aromatic N) is 3. The van der Waals surface area contributed by atoms with Gasteiger partial charge in [0, 0.05) is 9.89 Å². The second kappa shape index (κ2) is 5.01. The lowest BCUT2D eigenvalue weighted by Crippen LogP contribution is -2.21. The monoisotopic (exact) mass is 337 g/mol. The van der Waals surface area contributed by atoms with Crippen LogP contribution in [0.25, 0.3) is 5.69 Å². The predicted octanol–water partition coefficient (Wildman–Crippen LogP) is 3.33. The molecular weight excluding hydrogens is 322 g/mol. The number of carbonyl (C=O) groups is 1. The molecule has 1 heterocycles. The quantitative estimate of drug-likeness (QED) is 0.912. The number of carboxylic acids is 1. The summed E-state index contributed by atoms with van der Waals surface area (Å²) < 4.78 is 2.60. The molecule has 0 saturated carbocycles. The summed E-state index contributed by atoms with van der Waals surface area (Å²) in [5.41, 5.74) is 2.06. The van der Waals surface area contributed by atoms with Gasteiger partial charge in [0.1, 0.15) is 0 Å². The van der Waals surface area contributed by atoms with Crippen LogP contribution in [0, 0.1) is 6.92 Å². The van der Waals surface area contributed by atoms with Gasteiger partial charge in [-0.15, -0.1) is 5.10 Å². The second-order valence-corrected chi connectivity index (χ2v) is 6.54. The number of hydrogen-bond acceptors (Lipinski definition) is 3. The van der Waals surface area contributed by atoms with Crippen molar-refractivity contribution in [2.75, 3.05) is 0 Å². The van der Waals surface area contributed by atoms with Crippen LogP contribution >= 0.6 is 15.9 Å². The van der Waals surface area contributed by atoms with Crippen molar-refractivity contribution in [2.24, 2.45) is 0 Å². The molecule has 0 bridgehead atoms. The van der Waals surface area contributed by atoms with Crippen molar-refractivity contribution in [1.82, 2.24) is 15.0 Å². The lowest BCUT2D eigenvalue weighted by molar-refractivity contribution is 0.0687. The van der Waals surface area contributed by atoms with Crippen molar-refractivity contribution in [3.63, 3.8) is 0 Å². The molecule has 0 fully saturated rings. The fourth-order valence-electron chi connectivity index (χ4n) is 2.04. The van der Waals surface area contributed by atoms with Gasteiger partial charge in [-0.2, -0.15) is 0 Å². The minimum Gasteiger partial charge on any atom is -0.476 e. The van der Waals surface area contributed by atoms with E-state index >= 15 is 0 Å². The molecule has 0 aliphatic rings. The summed E-state index contributed by atoms with van der Waals surface area (Å²) in [5.74, 6) is -1.06. The first-order chi connectivity index (χ1) is 9.21. The van der Waals surface area contributed by atoms with Gasteiger partial charge in [-0.1, -0.05) is 41.9 Å². The Kier molecular flexibility index (Phi) is 3.69. The number of aromatic carboxylic acids is 1. The highest BCUT2D eigenvalue weighted by Crippen LogP contribution is 2.28. The normalized spacial score (nSPS) is 11.7. The lowest BCUT2D eigenvalue weighted by Gasteiger charge is -2.20. The maximum atomic E-state index is 11.3. The van der Waals surface area contributed by atoms with Crippen LogP contribution in [0.15, 0.2) is 22.7 Å². The van der Waals surface area contributed by atoms with Crippen molar-refractivity contribution in [3.05, 3.63) is 39.6 Å². The van der Waals surface area contributed by atoms with E-state index < -0.39 is 5.97 Å². The third-order valence-electron chi connectivity index (χ3n) is 2.97. The Labute approximate surface area is 125 Å². The van der Waals surface area contributed by atoms with E-state index in [9.17, 15) is 9.90 Å². The molecule has 1 aromatic carbocycles. The Hall–Kier alpha value is -1.69. The highest BCUT2D eigenvalue weighted by molar-refractivity contribution is 9.10. The molecule has 1 N–H and O–H groups in total. The zero-order valence-electron chi connectivity index (χ0n) is 11.8. The van der Waals surface area contributed by atoms with Crippen molar-refractivity contribution < 1.29 is 9.90 Å². The Balaban J connectivity index is 2.68. The Bertz CT molecular complexity index is 672. The van der Waals surface area contributed by atoms with Gasteiger partial charge in [-0.05, 0) is 30.7 Å². The van der Waals surface area contributed by atoms with E-state index in [1.807, 2.05) is 45.9 Å². The zero-order valence-corrected chi connectivity index (χ0v) is 13.4. The van der Waals surface area contributed by atoms with Crippen LogP contribution in [-0.4, -0.2) is 26.1 Å². The molecule has 2 rings (SSSR count). The van der Waals surface area contributed by atoms with Crippen LogP contribution in [0.2, 0.25) is 0 Å². The molecule has 1 aromatic heterocycles. The topological polar surface area (TPSA) is 68.0 Å². The van der Waals surface area contributed by atoms with Gasteiger partial charge in [-0.3, -0.25) is 0 Å². The first-order valence-corrected chi connectivity index (χ1v) is 6.97. The van der Waals surface area contributed by atoms with E-state index in [0.29, 0.717) is 5.69 Å². The van der Waals surface area contributed by atoms with E-state index in [0.717, 1.165) is 15.7 Å². The average Bonchev–Trinajstić information content (AvgIpc) is 2.77. The highest BCUT2D eigenvalue weighted by atomic mass is 79.9. The molecule has 0 saturated heterocycles. The SMILES string of the molecule is Cc1cc(-n2nnc(C(=O)O)c2C(C)(C)C)ccc1Br. The molecule has 5 nitrogen and oxygen atoms in total. The minimum absolute atomic E-state index is 0.00179. The van der Waals surface area contributed by atoms with E-state index in [2.05, 4.69) is 26.2 Å². The number of halogens is 1. The number of hydrogen-bond donors (Lipinski definition) is 1. The van der Waals surface area contributed by atoms with Crippen LogP contribution in [0.4, 0.5) is 0 Å². The minimum atomic E-state index is -1.06. The molecule has 0 aliphatic carbocycles. The third kappa shape index (κ3) is 2.60. The molecule has 0 aliphatic heterocycles. The first kappa shape index (κ1) is 14.7. The molecule has 0 radical (unpaired) electrons. The van der Waals surface area contributed by atoms with Crippen LogP contribution in [-0.2, 0) is 5.41 Å². The summed E-state index contributed by atoms with van der Waals surface area (Å²) in [5, 5.41) is 17.1. The van der Waals surface area contributed by atoms with E-state index in [1.165, 1.54) is 0 Å². The number of benzene rings is 1. The zero-order chi connectivity index (χ0) is 15.1. The third-order valence-corrected chi connectivity index (χ3v) is 3.86. The predicted molar refractivity (Wildman–Crippen MR) is 79.5 cm³/mol. The summed E-state index contributed by atoms with van der Waals surface area (Å²) in [6.07, 6.45) is 0. The number of aromatic nitrogens is 3. The van der Waals surface area contributed by atoms with Crippen LogP contribution in [0.1, 0.15) is 42.5 Å². The largest absolute Gasteiger partial charge is 0.476 e. The van der Waals surface area contributed by atoms with Crippen molar-refractivity contribution in [1.29, 1.82) is 0 Å². The Morgan fingerprint density at radius 2 is 2.00 bits per heavy atom. The van der Waals surface area contributed by atoms with Crippen molar-refractivity contribution >= 4 is 21.9 Å². The number of rotatable bonds is 2. The average molecular weight is 338 g/mol. The van der Waals surface area contributed by atoms with Gasteiger partial charge < -0.3 is 5.11 Å². The molecule has 0 unspecified atom stereocenters. The molecule has 20 heavy (non-hydrogen) atoms. The van der Waals surface area contributed by atoms with Crippen LogP contribution in [0.5, 0.6) is 0 Å². The number of aryl methyl sites for hydroxylation is 1. The molecule has 2 aromatic rings. The fraction of sp³-hybridized carbons (Fsp3) is 0.357. The van der Waals surface area contributed by atoms with Crippen molar-refractivity contribution in [3.8, 4) is 5.69 Å². The van der Waals surface area contributed by atoms with Crippen LogP contribution in [0.3, 0.4) is 0 Å². The fourth-order valence-corrected chi connectivity index (χ4v) is 2.29. The first-order valence-electron chi connectivity index (χ1n) is 6.18. The Morgan fingerprint density at radius 3 is 2.50 bits per heavy atom. The molecule has 6 heteroatoms. The molecule has 0 amide bonds. The van der Waals surface area contributed by atoms with Gasteiger partial charge in [0.15, 0.2) is 5.69 Å². The summed E-state index contributed by atoms with van der Waals surface area (Å²) in [7, 11) is 0. The highest BCUT2D eigenvalue weighted by Gasteiger charge is 2.29. The lowest BCUT2D eigenvalue weighted by atomic mass is 9.90.